The lowest BCUT2D eigenvalue weighted by Gasteiger charge is -2.35. The first-order valence-corrected chi connectivity index (χ1v) is 9.32. The Morgan fingerprint density at radius 1 is 0.967 bits per heavy atom. The minimum Gasteiger partial charge on any atom is -0.459 e. The van der Waals surface area contributed by atoms with Crippen molar-refractivity contribution >= 4 is 17.7 Å². The van der Waals surface area contributed by atoms with E-state index in [1.54, 1.807) is 6.07 Å². The second-order valence-corrected chi connectivity index (χ2v) is 6.70. The number of carbonyl (C=O) groups is 3. The largest absolute Gasteiger partial charge is 0.459 e. The number of piperazine rings is 1. The van der Waals surface area contributed by atoms with Crippen LogP contribution < -0.4 is 5.32 Å². The van der Waals surface area contributed by atoms with Gasteiger partial charge in [-0.3, -0.25) is 14.4 Å². The molecule has 3 rings (SSSR count). The lowest BCUT2D eigenvalue weighted by atomic mass is 10.1. The molecule has 1 N–H and O–H groups in total. The normalized spacial score (nSPS) is 14.5. The van der Waals surface area contributed by atoms with Gasteiger partial charge in [-0.05, 0) is 24.3 Å². The molecule has 1 saturated heterocycles. The summed E-state index contributed by atoms with van der Waals surface area (Å²) in [5.74, 6) is -1.20. The van der Waals surface area contributed by atoms with Crippen LogP contribution in [0.4, 0.5) is 13.2 Å². The Morgan fingerprint density at radius 2 is 1.63 bits per heavy atom. The molecule has 0 saturated carbocycles. The molecular formula is C20H20F3N3O4. The minimum absolute atomic E-state index is 0.0668. The highest BCUT2D eigenvalue weighted by Crippen LogP contribution is 2.32. The number of nitrogens with one attached hydrogen (secondary N) is 1. The topological polar surface area (TPSA) is 82.9 Å². The van der Waals surface area contributed by atoms with E-state index in [1.165, 1.54) is 34.3 Å². The van der Waals surface area contributed by atoms with Crippen molar-refractivity contribution in [3.8, 4) is 0 Å². The first-order chi connectivity index (χ1) is 14.3. The molecule has 0 unspecified atom stereocenters. The van der Waals surface area contributed by atoms with Crippen molar-refractivity contribution in [2.75, 3.05) is 32.7 Å². The van der Waals surface area contributed by atoms with Crippen LogP contribution >= 0.6 is 0 Å². The van der Waals surface area contributed by atoms with Crippen molar-refractivity contribution in [1.82, 2.24) is 15.1 Å². The van der Waals surface area contributed by atoms with Gasteiger partial charge in [0.1, 0.15) is 0 Å². The molecular weight excluding hydrogens is 403 g/mol. The molecule has 0 bridgehead atoms. The highest BCUT2D eigenvalue weighted by atomic mass is 19.4. The van der Waals surface area contributed by atoms with Gasteiger partial charge in [-0.25, -0.2) is 0 Å². The van der Waals surface area contributed by atoms with E-state index in [0.717, 1.165) is 12.1 Å². The van der Waals surface area contributed by atoms with Crippen LogP contribution in [0, 0.1) is 0 Å². The molecule has 1 aliphatic rings. The van der Waals surface area contributed by atoms with Gasteiger partial charge in [0.15, 0.2) is 5.76 Å². The molecule has 1 aromatic heterocycles. The Hall–Kier alpha value is -3.30. The molecule has 0 atom stereocenters. The van der Waals surface area contributed by atoms with Crippen molar-refractivity contribution in [2.24, 2.45) is 0 Å². The maximum Gasteiger partial charge on any atom is 0.417 e. The van der Waals surface area contributed by atoms with Crippen LogP contribution in [0.25, 0.3) is 0 Å². The smallest absolute Gasteiger partial charge is 0.417 e. The van der Waals surface area contributed by atoms with Crippen LogP contribution in [0.2, 0.25) is 0 Å². The third kappa shape index (κ3) is 5.00. The molecule has 2 heterocycles. The molecule has 10 heteroatoms. The van der Waals surface area contributed by atoms with Gasteiger partial charge >= 0.3 is 6.18 Å². The average molecular weight is 423 g/mol. The fourth-order valence-electron chi connectivity index (χ4n) is 3.18. The van der Waals surface area contributed by atoms with Gasteiger partial charge in [0, 0.05) is 39.1 Å². The number of halogens is 3. The van der Waals surface area contributed by atoms with Crippen molar-refractivity contribution in [2.45, 2.75) is 12.6 Å². The molecule has 7 nitrogen and oxygen atoms in total. The van der Waals surface area contributed by atoms with Crippen molar-refractivity contribution < 1.29 is 32.0 Å². The Bertz CT molecular complexity index is 904. The number of benzene rings is 1. The van der Waals surface area contributed by atoms with Crippen molar-refractivity contribution in [1.29, 1.82) is 0 Å². The van der Waals surface area contributed by atoms with Crippen molar-refractivity contribution in [3.63, 3.8) is 0 Å². The number of hydrogen-bond acceptors (Lipinski definition) is 4. The Kier molecular flexibility index (Phi) is 6.43. The fraction of sp³-hybridized carbons (Fsp3) is 0.350. The molecule has 3 amide bonds. The zero-order valence-corrected chi connectivity index (χ0v) is 15.9. The Balaban J connectivity index is 1.49. The molecule has 1 fully saturated rings. The van der Waals surface area contributed by atoms with E-state index < -0.39 is 29.1 Å². The molecule has 2 aromatic rings. The summed E-state index contributed by atoms with van der Waals surface area (Å²) in [6.45, 7) is 0.817. The number of amides is 3. The van der Waals surface area contributed by atoms with E-state index in [4.69, 9.17) is 4.42 Å². The van der Waals surface area contributed by atoms with Crippen LogP contribution in [-0.4, -0.2) is 60.2 Å². The van der Waals surface area contributed by atoms with E-state index in [9.17, 15) is 27.6 Å². The SMILES string of the molecule is O=C(NCCC(=O)N1CCN(C(=O)c2ccccc2C(F)(F)F)CC1)c1ccco1. The molecule has 0 radical (unpaired) electrons. The average Bonchev–Trinajstić information content (AvgIpc) is 3.27. The molecule has 30 heavy (non-hydrogen) atoms. The predicted molar refractivity (Wildman–Crippen MR) is 99.6 cm³/mol. The van der Waals surface area contributed by atoms with E-state index in [2.05, 4.69) is 5.32 Å². The predicted octanol–water partition coefficient (Wildman–Crippen LogP) is 2.40. The number of hydrogen-bond donors (Lipinski definition) is 1. The van der Waals surface area contributed by atoms with E-state index >= 15 is 0 Å². The Labute approximate surface area is 170 Å². The monoisotopic (exact) mass is 423 g/mol. The number of furan rings is 1. The first-order valence-electron chi connectivity index (χ1n) is 9.32. The van der Waals surface area contributed by atoms with Gasteiger partial charge < -0.3 is 19.5 Å². The standard InChI is InChI=1S/C20H20F3N3O4/c21-20(22,23)15-5-2-1-4-14(15)19(29)26-11-9-25(10-12-26)17(27)7-8-24-18(28)16-6-3-13-30-16/h1-6,13H,7-12H2,(H,24,28). The highest BCUT2D eigenvalue weighted by molar-refractivity contribution is 5.96. The van der Waals surface area contributed by atoms with Crippen molar-refractivity contribution in [3.05, 3.63) is 59.5 Å². The fourth-order valence-corrected chi connectivity index (χ4v) is 3.18. The lowest BCUT2D eigenvalue weighted by molar-refractivity contribution is -0.138. The molecule has 1 aromatic carbocycles. The molecule has 0 spiro atoms. The summed E-state index contributed by atoms with van der Waals surface area (Å²) < 4.78 is 44.4. The molecule has 160 valence electrons. The maximum absolute atomic E-state index is 13.1. The number of alkyl halides is 3. The summed E-state index contributed by atoms with van der Waals surface area (Å²) in [6, 6.07) is 7.74. The van der Waals surface area contributed by atoms with Gasteiger partial charge in [-0.1, -0.05) is 12.1 Å². The maximum atomic E-state index is 13.1. The zero-order chi connectivity index (χ0) is 21.7. The first kappa shape index (κ1) is 21.4. The van der Waals surface area contributed by atoms with Gasteiger partial charge in [0.05, 0.1) is 17.4 Å². The quantitative estimate of drug-likeness (QED) is 0.801. The summed E-state index contributed by atoms with van der Waals surface area (Å²) >= 11 is 0. The van der Waals surface area contributed by atoms with Crippen LogP contribution in [0.1, 0.15) is 32.9 Å². The number of nitrogens with zero attached hydrogens (tertiary/aromatic N) is 2. The van der Waals surface area contributed by atoms with E-state index in [1.807, 2.05) is 0 Å². The van der Waals surface area contributed by atoms with E-state index in [-0.39, 0.29) is 50.8 Å². The summed E-state index contributed by atoms with van der Waals surface area (Å²) in [6.07, 6.45) is -3.19. The van der Waals surface area contributed by atoms with Crippen LogP contribution in [0.3, 0.4) is 0 Å². The van der Waals surface area contributed by atoms with Gasteiger partial charge in [-0.2, -0.15) is 13.2 Å². The lowest BCUT2D eigenvalue weighted by Crippen LogP contribution is -2.51. The second-order valence-electron chi connectivity index (χ2n) is 6.70. The highest BCUT2D eigenvalue weighted by Gasteiger charge is 2.36. The second kappa shape index (κ2) is 9.02. The van der Waals surface area contributed by atoms with Crippen LogP contribution in [0.15, 0.2) is 47.1 Å². The summed E-state index contributed by atoms with van der Waals surface area (Å²) in [4.78, 5) is 39.5. The van der Waals surface area contributed by atoms with Gasteiger partial charge in [0.2, 0.25) is 5.91 Å². The zero-order valence-electron chi connectivity index (χ0n) is 15.9. The summed E-state index contributed by atoms with van der Waals surface area (Å²) in [5.41, 5.74) is -1.37. The Morgan fingerprint density at radius 3 is 2.27 bits per heavy atom. The summed E-state index contributed by atoms with van der Waals surface area (Å²) in [7, 11) is 0. The third-order valence-corrected chi connectivity index (χ3v) is 4.75. The van der Waals surface area contributed by atoms with E-state index in [0.29, 0.717) is 0 Å². The van der Waals surface area contributed by atoms with Crippen LogP contribution in [0.5, 0.6) is 0 Å². The number of carbonyl (C=O) groups excluding carboxylic acids is 3. The minimum atomic E-state index is -4.62. The third-order valence-electron chi connectivity index (χ3n) is 4.75. The van der Waals surface area contributed by atoms with Crippen LogP contribution in [-0.2, 0) is 11.0 Å². The molecule has 1 aliphatic heterocycles. The molecule has 0 aliphatic carbocycles. The number of rotatable bonds is 5. The summed E-state index contributed by atoms with van der Waals surface area (Å²) in [5, 5.41) is 2.57. The van der Waals surface area contributed by atoms with Gasteiger partial charge in [0.25, 0.3) is 11.8 Å². The van der Waals surface area contributed by atoms with Gasteiger partial charge in [-0.15, -0.1) is 0 Å².